The van der Waals surface area contributed by atoms with Crippen LogP contribution in [0.2, 0.25) is 0 Å². The molecule has 8 heteroatoms. The Morgan fingerprint density at radius 1 is 1.32 bits per heavy atom. The summed E-state index contributed by atoms with van der Waals surface area (Å²) in [6, 6.07) is 4.57. The molecule has 0 bridgehead atoms. The largest absolute Gasteiger partial charge is 0.301 e. The molecule has 0 spiro atoms. The summed E-state index contributed by atoms with van der Waals surface area (Å²) in [6.45, 7) is 2.17. The summed E-state index contributed by atoms with van der Waals surface area (Å²) in [5.41, 5.74) is -0.634. The lowest BCUT2D eigenvalue weighted by Gasteiger charge is -1.97. The molecule has 0 atom stereocenters. The van der Waals surface area contributed by atoms with E-state index in [1.807, 2.05) is 0 Å². The standard InChI is InChI=1S/C6H5NO5S.C5H11Cl/c8-7(9)5-3-1-2-4-6(5)13(10,11)12;1-2-3-4-5-6/h1-4H,(H,10,11,12);2-5H2,1H3. The molecule has 1 rings (SSSR count). The van der Waals surface area contributed by atoms with Gasteiger partial charge in [-0.15, -0.1) is 11.6 Å². The molecule has 1 aromatic carbocycles. The van der Waals surface area contributed by atoms with E-state index in [-0.39, 0.29) is 0 Å². The number of hydrogen-bond donors (Lipinski definition) is 1. The van der Waals surface area contributed by atoms with Crippen molar-refractivity contribution < 1.29 is 17.9 Å². The maximum atomic E-state index is 10.6. The zero-order valence-corrected chi connectivity index (χ0v) is 12.0. The molecule has 0 aliphatic rings. The first-order chi connectivity index (χ1) is 8.84. The smallest absolute Gasteiger partial charge is 0.282 e. The van der Waals surface area contributed by atoms with Crippen LogP contribution in [0.15, 0.2) is 29.2 Å². The predicted octanol–water partition coefficient (Wildman–Crippen LogP) is 3.26. The first-order valence-corrected chi connectivity index (χ1v) is 7.59. The Balaban J connectivity index is 0.000000459. The van der Waals surface area contributed by atoms with Crippen LogP contribution >= 0.6 is 11.6 Å². The van der Waals surface area contributed by atoms with Crippen LogP contribution in [0, 0.1) is 10.1 Å². The van der Waals surface area contributed by atoms with Gasteiger partial charge in [0.05, 0.1) is 4.92 Å². The molecule has 0 saturated heterocycles. The molecule has 0 saturated carbocycles. The minimum atomic E-state index is -4.52. The van der Waals surface area contributed by atoms with Gasteiger partial charge in [0.1, 0.15) is 0 Å². The second-order valence-electron chi connectivity index (χ2n) is 3.60. The number of rotatable bonds is 5. The van der Waals surface area contributed by atoms with Crippen molar-refractivity contribution in [1.29, 1.82) is 0 Å². The minimum absolute atomic E-state index is 0.634. The van der Waals surface area contributed by atoms with Crippen molar-refractivity contribution >= 4 is 27.4 Å². The number of alkyl halides is 1. The Bertz CT molecular complexity index is 500. The van der Waals surface area contributed by atoms with E-state index in [1.165, 1.54) is 31.4 Å². The van der Waals surface area contributed by atoms with Gasteiger partial charge in [0.2, 0.25) is 0 Å². The molecule has 0 radical (unpaired) electrons. The summed E-state index contributed by atoms with van der Waals surface area (Å²) in [5, 5.41) is 10.3. The first kappa shape index (κ1) is 17.8. The quantitative estimate of drug-likeness (QED) is 0.296. The number of nitro groups is 1. The van der Waals surface area contributed by atoms with E-state index in [9.17, 15) is 18.5 Å². The van der Waals surface area contributed by atoms with Crippen molar-refractivity contribution in [1.82, 2.24) is 0 Å². The molecule has 6 nitrogen and oxygen atoms in total. The van der Waals surface area contributed by atoms with Crippen LogP contribution in [0.5, 0.6) is 0 Å². The maximum Gasteiger partial charge on any atom is 0.301 e. The Hall–Kier alpha value is -1.18. The molecule has 0 amide bonds. The van der Waals surface area contributed by atoms with Crippen LogP contribution in [0.4, 0.5) is 5.69 Å². The molecular weight excluding hydrogens is 294 g/mol. The average molecular weight is 310 g/mol. The zero-order valence-electron chi connectivity index (χ0n) is 10.5. The summed E-state index contributed by atoms with van der Waals surface area (Å²) in [4.78, 5) is 8.73. The molecule has 108 valence electrons. The van der Waals surface area contributed by atoms with Gasteiger partial charge in [-0.1, -0.05) is 31.9 Å². The second kappa shape index (κ2) is 8.84. The van der Waals surface area contributed by atoms with Gasteiger partial charge in [-0.25, -0.2) is 0 Å². The van der Waals surface area contributed by atoms with Crippen molar-refractivity contribution in [2.45, 2.75) is 31.1 Å². The van der Waals surface area contributed by atoms with Crippen molar-refractivity contribution in [2.75, 3.05) is 5.88 Å². The van der Waals surface area contributed by atoms with Crippen molar-refractivity contribution in [3.05, 3.63) is 34.4 Å². The fourth-order valence-electron chi connectivity index (χ4n) is 1.17. The Labute approximate surface area is 117 Å². The SMILES string of the molecule is CCCCCCl.O=[N+]([O-])c1ccccc1S(=O)(=O)O. The van der Waals surface area contributed by atoms with Gasteiger partial charge in [-0.3, -0.25) is 14.7 Å². The van der Waals surface area contributed by atoms with Crippen molar-refractivity contribution in [3.8, 4) is 0 Å². The first-order valence-electron chi connectivity index (χ1n) is 5.61. The van der Waals surface area contributed by atoms with E-state index < -0.39 is 25.6 Å². The summed E-state index contributed by atoms with van der Waals surface area (Å²) in [7, 11) is -4.52. The second-order valence-corrected chi connectivity index (χ2v) is 5.36. The van der Waals surface area contributed by atoms with Crippen LogP contribution in [-0.2, 0) is 10.1 Å². The summed E-state index contributed by atoms with van der Waals surface area (Å²) in [6.07, 6.45) is 3.73. The van der Waals surface area contributed by atoms with Crippen molar-refractivity contribution in [3.63, 3.8) is 0 Å². The van der Waals surface area contributed by atoms with Gasteiger partial charge in [-0.2, -0.15) is 8.42 Å². The molecule has 1 aromatic rings. The number of nitrogens with zero attached hydrogens (tertiary/aromatic N) is 1. The fraction of sp³-hybridized carbons (Fsp3) is 0.455. The van der Waals surface area contributed by atoms with Crippen LogP contribution in [-0.4, -0.2) is 23.8 Å². The van der Waals surface area contributed by atoms with Gasteiger partial charge < -0.3 is 0 Å². The number of hydrogen-bond acceptors (Lipinski definition) is 4. The van der Waals surface area contributed by atoms with Gasteiger partial charge in [0.15, 0.2) is 4.90 Å². The summed E-state index contributed by atoms with van der Waals surface area (Å²) in [5.74, 6) is 0.827. The molecule has 19 heavy (non-hydrogen) atoms. The number of halogens is 1. The number of nitro benzene ring substituents is 1. The minimum Gasteiger partial charge on any atom is -0.282 e. The number of benzene rings is 1. The Morgan fingerprint density at radius 3 is 2.21 bits per heavy atom. The molecule has 0 heterocycles. The number of unbranched alkanes of at least 4 members (excludes halogenated alkanes) is 2. The van der Waals surface area contributed by atoms with Gasteiger partial charge in [0.25, 0.3) is 5.69 Å². The third-order valence-electron chi connectivity index (χ3n) is 2.08. The molecule has 0 aliphatic heterocycles. The molecule has 0 unspecified atom stereocenters. The van der Waals surface area contributed by atoms with E-state index in [2.05, 4.69) is 6.92 Å². The number of para-hydroxylation sites is 1. The third-order valence-corrected chi connectivity index (χ3v) is 3.25. The van der Waals surface area contributed by atoms with E-state index in [4.69, 9.17) is 16.2 Å². The highest BCUT2D eigenvalue weighted by molar-refractivity contribution is 7.86. The predicted molar refractivity (Wildman–Crippen MR) is 73.2 cm³/mol. The monoisotopic (exact) mass is 309 g/mol. The Morgan fingerprint density at radius 2 is 1.89 bits per heavy atom. The molecule has 0 fully saturated rings. The molecule has 0 aliphatic carbocycles. The van der Waals surface area contributed by atoms with Crippen LogP contribution in [0.25, 0.3) is 0 Å². The topological polar surface area (TPSA) is 97.5 Å². The zero-order chi connectivity index (χ0) is 14.9. The lowest BCUT2D eigenvalue weighted by molar-refractivity contribution is -0.387. The van der Waals surface area contributed by atoms with Crippen molar-refractivity contribution in [2.24, 2.45) is 0 Å². The maximum absolute atomic E-state index is 10.6. The van der Waals surface area contributed by atoms with Crippen LogP contribution in [0.1, 0.15) is 26.2 Å². The van der Waals surface area contributed by atoms with E-state index in [1.54, 1.807) is 0 Å². The molecular formula is C11H16ClNO5S. The molecule has 1 N–H and O–H groups in total. The van der Waals surface area contributed by atoms with Crippen LogP contribution < -0.4 is 0 Å². The lowest BCUT2D eigenvalue weighted by atomic mass is 10.3. The average Bonchev–Trinajstić information content (AvgIpc) is 2.36. The van der Waals surface area contributed by atoms with Gasteiger partial charge in [0, 0.05) is 11.9 Å². The van der Waals surface area contributed by atoms with Crippen LogP contribution in [0.3, 0.4) is 0 Å². The van der Waals surface area contributed by atoms with E-state index >= 15 is 0 Å². The van der Waals surface area contributed by atoms with E-state index in [0.29, 0.717) is 0 Å². The summed E-state index contributed by atoms with van der Waals surface area (Å²) >= 11 is 5.38. The highest BCUT2D eigenvalue weighted by atomic mass is 35.5. The lowest BCUT2D eigenvalue weighted by Crippen LogP contribution is -2.02. The third kappa shape index (κ3) is 7.09. The summed E-state index contributed by atoms with van der Waals surface area (Å²) < 4.78 is 29.8. The van der Waals surface area contributed by atoms with Gasteiger partial charge >= 0.3 is 10.1 Å². The van der Waals surface area contributed by atoms with Gasteiger partial charge in [-0.05, 0) is 12.5 Å². The Kier molecular flexibility index (Phi) is 8.29. The molecule has 0 aromatic heterocycles. The highest BCUT2D eigenvalue weighted by Crippen LogP contribution is 2.21. The highest BCUT2D eigenvalue weighted by Gasteiger charge is 2.22. The fourth-order valence-corrected chi connectivity index (χ4v) is 2.02. The normalized spacial score (nSPS) is 10.5. The van der Waals surface area contributed by atoms with E-state index in [0.717, 1.165) is 18.0 Å².